The van der Waals surface area contributed by atoms with Crippen LogP contribution in [-0.2, 0) is 6.54 Å². The lowest BCUT2D eigenvalue weighted by atomic mass is 9.84. The van der Waals surface area contributed by atoms with E-state index >= 15 is 0 Å². The highest BCUT2D eigenvalue weighted by Crippen LogP contribution is 2.29. The van der Waals surface area contributed by atoms with Crippen LogP contribution in [0.3, 0.4) is 0 Å². The van der Waals surface area contributed by atoms with Crippen molar-refractivity contribution in [1.82, 2.24) is 4.57 Å². The molecule has 0 aliphatic carbocycles. The second kappa shape index (κ2) is 28.3. The molecule has 0 aliphatic rings. The Morgan fingerprint density at radius 3 is 1.39 bits per heavy atom. The van der Waals surface area contributed by atoms with Gasteiger partial charge in [0.1, 0.15) is 18.4 Å². The van der Waals surface area contributed by atoms with E-state index < -0.39 is 0 Å². The molecular weight excluding hydrogens is 580 g/mol. The summed E-state index contributed by atoms with van der Waals surface area (Å²) in [4.78, 5) is 0. The first-order chi connectivity index (χ1) is 21.5. The highest BCUT2D eigenvalue weighted by Gasteiger charge is 2.20. The predicted octanol–water partition coefficient (Wildman–Crippen LogP) is 11.0. The molecule has 4 atom stereocenters. The van der Waals surface area contributed by atoms with E-state index in [-0.39, 0.29) is 12.4 Å². The van der Waals surface area contributed by atoms with E-state index in [0.29, 0.717) is 6.04 Å². The Bertz CT molecular complexity index is 760. The van der Waals surface area contributed by atoms with Gasteiger partial charge in [0.25, 0.3) is 0 Å². The maximum Gasteiger partial charge on any atom is 0.243 e. The van der Waals surface area contributed by atoms with Crippen LogP contribution in [0.4, 0.5) is 0 Å². The number of rotatable bonds is 30. The van der Waals surface area contributed by atoms with E-state index in [9.17, 15) is 0 Å². The molecule has 0 fully saturated rings. The summed E-state index contributed by atoms with van der Waals surface area (Å²) in [6, 6.07) is 0.667. The Kier molecular flexibility index (Phi) is 28.0. The standard InChI is InChI=1S/C43H85N2.ClH/c1-11-12-32-44-33-34-45(35-44)43(31-28-41(10)23-17-20-38(6)7)25-14-13-24-42(29-26-39(8)21-15-18-36(2)3)30-27-40(9)22-16-19-37(4)5;/h33-43H,11-32H2,1-10H3;1H/q+1;/p-1. The summed E-state index contributed by atoms with van der Waals surface area (Å²) < 4.78 is 5.02. The van der Waals surface area contributed by atoms with Crippen LogP contribution in [0.1, 0.15) is 210 Å². The fourth-order valence-electron chi connectivity index (χ4n) is 7.36. The average Bonchev–Trinajstić information content (AvgIpc) is 3.44. The van der Waals surface area contributed by atoms with Crippen molar-refractivity contribution in [2.45, 2.75) is 217 Å². The van der Waals surface area contributed by atoms with Gasteiger partial charge in [-0.3, -0.25) is 0 Å². The largest absolute Gasteiger partial charge is 1.00 e. The topological polar surface area (TPSA) is 8.81 Å². The number of imidazole rings is 1. The quantitative estimate of drug-likeness (QED) is 0.0571. The van der Waals surface area contributed by atoms with Gasteiger partial charge in [-0.2, -0.15) is 0 Å². The average molecular weight is 666 g/mol. The van der Waals surface area contributed by atoms with Gasteiger partial charge in [0.05, 0.1) is 6.54 Å². The van der Waals surface area contributed by atoms with Crippen molar-refractivity contribution in [3.8, 4) is 0 Å². The smallest absolute Gasteiger partial charge is 0.243 e. The number of unbranched alkanes of at least 4 members (excludes halogenated alkanes) is 2. The summed E-state index contributed by atoms with van der Waals surface area (Å²) in [7, 11) is 0. The van der Waals surface area contributed by atoms with Crippen molar-refractivity contribution in [1.29, 1.82) is 0 Å². The summed E-state index contributed by atoms with van der Waals surface area (Å²) in [5, 5.41) is 0. The second-order valence-electron chi connectivity index (χ2n) is 17.3. The molecule has 4 unspecified atom stereocenters. The van der Waals surface area contributed by atoms with Crippen LogP contribution in [0, 0.1) is 41.4 Å². The van der Waals surface area contributed by atoms with Crippen molar-refractivity contribution in [2.24, 2.45) is 41.4 Å². The minimum Gasteiger partial charge on any atom is -1.00 e. The lowest BCUT2D eigenvalue weighted by Crippen LogP contribution is -3.00. The van der Waals surface area contributed by atoms with Crippen molar-refractivity contribution >= 4 is 0 Å². The Hall–Kier alpha value is -0.500. The molecule has 3 heteroatoms. The molecule has 1 aromatic heterocycles. The molecule has 1 heterocycles. The van der Waals surface area contributed by atoms with Crippen LogP contribution in [0.5, 0.6) is 0 Å². The van der Waals surface area contributed by atoms with E-state index in [4.69, 9.17) is 0 Å². The van der Waals surface area contributed by atoms with Crippen molar-refractivity contribution in [2.75, 3.05) is 0 Å². The van der Waals surface area contributed by atoms with Crippen LogP contribution in [-0.4, -0.2) is 4.57 Å². The molecule has 0 aromatic carbocycles. The third-order valence-electron chi connectivity index (χ3n) is 10.9. The summed E-state index contributed by atoms with van der Waals surface area (Å²) in [6.07, 6.45) is 36.6. The molecule has 0 saturated carbocycles. The number of aryl methyl sites for hydroxylation is 1. The second-order valence-corrected chi connectivity index (χ2v) is 17.3. The van der Waals surface area contributed by atoms with Gasteiger partial charge in [-0.05, 0) is 73.5 Å². The van der Waals surface area contributed by atoms with Gasteiger partial charge in [-0.1, -0.05) is 172 Å². The molecule has 0 N–H and O–H groups in total. The zero-order valence-corrected chi connectivity index (χ0v) is 33.9. The first kappa shape index (κ1) is 45.5. The van der Waals surface area contributed by atoms with Gasteiger partial charge in [0.15, 0.2) is 0 Å². The van der Waals surface area contributed by atoms with Crippen LogP contribution < -0.4 is 17.0 Å². The molecule has 0 aliphatic heterocycles. The third kappa shape index (κ3) is 24.6. The first-order valence-corrected chi connectivity index (χ1v) is 20.6. The number of hydrogen-bond acceptors (Lipinski definition) is 0. The Balaban J connectivity index is 0.0000202. The number of hydrogen-bond donors (Lipinski definition) is 0. The summed E-state index contributed by atoms with van der Waals surface area (Å²) in [5.74, 6) is 6.13. The van der Waals surface area contributed by atoms with Crippen LogP contribution >= 0.6 is 0 Å². The van der Waals surface area contributed by atoms with E-state index in [2.05, 4.69) is 97.1 Å². The van der Waals surface area contributed by atoms with Gasteiger partial charge in [0.2, 0.25) is 6.33 Å². The number of nitrogens with zero attached hydrogens (tertiary/aromatic N) is 2. The Morgan fingerprint density at radius 2 is 0.935 bits per heavy atom. The minimum atomic E-state index is 0. The summed E-state index contributed by atoms with van der Waals surface area (Å²) in [5.41, 5.74) is 0. The lowest BCUT2D eigenvalue weighted by Gasteiger charge is -2.22. The Labute approximate surface area is 297 Å². The van der Waals surface area contributed by atoms with Crippen molar-refractivity contribution in [3.05, 3.63) is 18.7 Å². The van der Waals surface area contributed by atoms with E-state index in [1.165, 1.54) is 135 Å². The number of halogens is 1. The fraction of sp³-hybridized carbons (Fsp3) is 0.930. The SMILES string of the molecule is CCCCn1cc[n+](C(CCCCC(CCC(C)CCCC(C)C)CCC(C)CCCC(C)C)CCC(C)CCCC(C)C)c1.[Cl-]. The highest BCUT2D eigenvalue weighted by atomic mass is 35.5. The fourth-order valence-corrected chi connectivity index (χ4v) is 7.36. The van der Waals surface area contributed by atoms with Crippen molar-refractivity contribution < 1.29 is 17.0 Å². The molecule has 46 heavy (non-hydrogen) atoms. The van der Waals surface area contributed by atoms with Gasteiger partial charge >= 0.3 is 0 Å². The van der Waals surface area contributed by atoms with Crippen molar-refractivity contribution in [3.63, 3.8) is 0 Å². The summed E-state index contributed by atoms with van der Waals surface area (Å²) >= 11 is 0. The van der Waals surface area contributed by atoms with Gasteiger partial charge in [0, 0.05) is 0 Å². The summed E-state index contributed by atoms with van der Waals surface area (Å²) in [6.45, 7) is 25.3. The first-order valence-electron chi connectivity index (χ1n) is 20.6. The zero-order valence-electron chi connectivity index (χ0n) is 33.2. The molecule has 0 spiro atoms. The van der Waals surface area contributed by atoms with Gasteiger partial charge in [-0.25, -0.2) is 9.13 Å². The molecule has 1 rings (SSSR count). The molecule has 274 valence electrons. The zero-order chi connectivity index (χ0) is 33.5. The predicted molar refractivity (Wildman–Crippen MR) is 202 cm³/mol. The molecule has 1 aromatic rings. The molecule has 0 amide bonds. The van der Waals surface area contributed by atoms with Crippen LogP contribution in [0.25, 0.3) is 0 Å². The van der Waals surface area contributed by atoms with Crippen LogP contribution in [0.15, 0.2) is 18.7 Å². The molecule has 0 saturated heterocycles. The van der Waals surface area contributed by atoms with Crippen LogP contribution in [0.2, 0.25) is 0 Å². The number of aromatic nitrogens is 2. The molecular formula is C43H85ClN2. The Morgan fingerprint density at radius 1 is 0.478 bits per heavy atom. The van der Waals surface area contributed by atoms with E-state index in [0.717, 1.165) is 48.0 Å². The normalized spacial score (nSPS) is 15.3. The van der Waals surface area contributed by atoms with E-state index in [1.54, 1.807) is 0 Å². The van der Waals surface area contributed by atoms with Gasteiger partial charge in [-0.15, -0.1) is 0 Å². The monoisotopic (exact) mass is 665 g/mol. The van der Waals surface area contributed by atoms with Gasteiger partial charge < -0.3 is 12.4 Å². The van der Waals surface area contributed by atoms with E-state index in [1.807, 2.05) is 0 Å². The molecule has 0 bridgehead atoms. The third-order valence-corrected chi connectivity index (χ3v) is 10.9. The lowest BCUT2D eigenvalue weighted by molar-refractivity contribution is -0.724. The molecule has 2 nitrogen and oxygen atoms in total. The highest BCUT2D eigenvalue weighted by molar-refractivity contribution is 4.70. The minimum absolute atomic E-state index is 0. The maximum absolute atomic E-state index is 2.59. The molecule has 0 radical (unpaired) electrons. The maximum atomic E-state index is 2.59.